The van der Waals surface area contributed by atoms with Crippen LogP contribution < -0.4 is 16.2 Å². The van der Waals surface area contributed by atoms with Crippen molar-refractivity contribution >= 4 is 5.69 Å². The lowest BCUT2D eigenvalue weighted by molar-refractivity contribution is 0.411. The first-order valence-corrected chi connectivity index (χ1v) is 5.87. The number of ether oxygens (including phenoxy) is 1. The topological polar surface area (TPSA) is 61.3 Å². The van der Waals surface area contributed by atoms with E-state index in [9.17, 15) is 0 Å². The summed E-state index contributed by atoms with van der Waals surface area (Å²) in [4.78, 5) is 0. The summed E-state index contributed by atoms with van der Waals surface area (Å²) in [6.07, 6.45) is 0. The van der Waals surface area contributed by atoms with E-state index in [-0.39, 0.29) is 6.04 Å². The van der Waals surface area contributed by atoms with Crippen molar-refractivity contribution in [2.24, 2.45) is 5.73 Å². The third-order valence-corrected chi connectivity index (χ3v) is 3.05. The smallest absolute Gasteiger partial charge is 0.121 e. The van der Waals surface area contributed by atoms with E-state index < -0.39 is 0 Å². The Kier molecular flexibility index (Phi) is 3.53. The molecule has 2 aromatic carbocycles. The third kappa shape index (κ3) is 2.46. The molecule has 1 atom stereocenters. The fourth-order valence-corrected chi connectivity index (χ4v) is 2.04. The van der Waals surface area contributed by atoms with E-state index in [0.717, 1.165) is 28.1 Å². The van der Waals surface area contributed by atoms with Crippen LogP contribution in [0, 0.1) is 6.92 Å². The molecule has 0 saturated heterocycles. The Labute approximate surface area is 107 Å². The highest BCUT2D eigenvalue weighted by Crippen LogP contribution is 2.25. The number of anilines is 1. The van der Waals surface area contributed by atoms with Gasteiger partial charge >= 0.3 is 0 Å². The minimum Gasteiger partial charge on any atom is -0.496 e. The molecule has 0 aliphatic carbocycles. The van der Waals surface area contributed by atoms with Gasteiger partial charge in [0, 0.05) is 5.69 Å². The molecule has 4 N–H and O–H groups in total. The van der Waals surface area contributed by atoms with Crippen LogP contribution in [0.1, 0.15) is 22.7 Å². The van der Waals surface area contributed by atoms with E-state index >= 15 is 0 Å². The Morgan fingerprint density at radius 3 is 2.39 bits per heavy atom. The van der Waals surface area contributed by atoms with Gasteiger partial charge in [0.1, 0.15) is 5.75 Å². The zero-order chi connectivity index (χ0) is 13.1. The van der Waals surface area contributed by atoms with E-state index in [1.54, 1.807) is 7.11 Å². The molecule has 0 spiro atoms. The minimum atomic E-state index is -0.168. The van der Waals surface area contributed by atoms with Gasteiger partial charge in [0.2, 0.25) is 0 Å². The molecular weight excluding hydrogens is 224 g/mol. The number of benzene rings is 2. The second kappa shape index (κ2) is 5.10. The first-order valence-electron chi connectivity index (χ1n) is 5.87. The van der Waals surface area contributed by atoms with Crippen LogP contribution in [0.4, 0.5) is 5.69 Å². The fourth-order valence-electron chi connectivity index (χ4n) is 2.04. The first-order chi connectivity index (χ1) is 8.61. The van der Waals surface area contributed by atoms with Crippen LogP contribution in [0.3, 0.4) is 0 Å². The number of nitrogens with two attached hydrogens (primary N) is 2. The summed E-state index contributed by atoms with van der Waals surface area (Å²) in [5.41, 5.74) is 15.9. The minimum absolute atomic E-state index is 0.168. The van der Waals surface area contributed by atoms with Crippen molar-refractivity contribution in [3.05, 3.63) is 59.2 Å². The van der Waals surface area contributed by atoms with Gasteiger partial charge in [0.05, 0.1) is 13.2 Å². The van der Waals surface area contributed by atoms with Crippen LogP contribution >= 0.6 is 0 Å². The third-order valence-electron chi connectivity index (χ3n) is 3.05. The highest BCUT2D eigenvalue weighted by Gasteiger charge is 2.10. The lowest BCUT2D eigenvalue weighted by Gasteiger charge is -2.15. The highest BCUT2D eigenvalue weighted by atomic mass is 16.5. The maximum Gasteiger partial charge on any atom is 0.121 e. The van der Waals surface area contributed by atoms with Gasteiger partial charge in [0.25, 0.3) is 0 Å². The number of nitrogen functional groups attached to an aromatic ring is 1. The molecule has 0 fully saturated rings. The predicted molar refractivity (Wildman–Crippen MR) is 74.6 cm³/mol. The van der Waals surface area contributed by atoms with E-state index in [0.29, 0.717) is 0 Å². The van der Waals surface area contributed by atoms with Crippen molar-refractivity contribution < 1.29 is 4.74 Å². The number of methoxy groups -OCH3 is 1. The molecule has 3 nitrogen and oxygen atoms in total. The molecule has 0 heterocycles. The Balaban J connectivity index is 2.34. The van der Waals surface area contributed by atoms with Crippen molar-refractivity contribution in [3.8, 4) is 5.75 Å². The zero-order valence-electron chi connectivity index (χ0n) is 10.7. The van der Waals surface area contributed by atoms with Crippen LogP contribution in [-0.4, -0.2) is 7.11 Å². The van der Waals surface area contributed by atoms with Crippen molar-refractivity contribution in [1.29, 1.82) is 0 Å². The van der Waals surface area contributed by atoms with Gasteiger partial charge < -0.3 is 16.2 Å². The lowest BCUT2D eigenvalue weighted by atomic mass is 9.97. The quantitative estimate of drug-likeness (QED) is 0.813. The maximum absolute atomic E-state index is 6.25. The van der Waals surface area contributed by atoms with Crippen LogP contribution in [-0.2, 0) is 0 Å². The summed E-state index contributed by atoms with van der Waals surface area (Å²) >= 11 is 0. The van der Waals surface area contributed by atoms with Crippen LogP contribution in [0.2, 0.25) is 0 Å². The summed E-state index contributed by atoms with van der Waals surface area (Å²) in [5.74, 6) is 0.874. The molecule has 0 bridgehead atoms. The summed E-state index contributed by atoms with van der Waals surface area (Å²) in [7, 11) is 1.67. The van der Waals surface area contributed by atoms with Gasteiger partial charge in [0.15, 0.2) is 0 Å². The van der Waals surface area contributed by atoms with Gasteiger partial charge in [-0.3, -0.25) is 0 Å². The molecule has 2 aromatic rings. The fraction of sp³-hybridized carbons (Fsp3) is 0.200. The molecule has 3 heteroatoms. The molecule has 0 amide bonds. The second-order valence-corrected chi connectivity index (χ2v) is 4.38. The summed E-state index contributed by atoms with van der Waals surface area (Å²) < 4.78 is 5.24. The number of hydrogen-bond donors (Lipinski definition) is 2. The molecule has 18 heavy (non-hydrogen) atoms. The second-order valence-electron chi connectivity index (χ2n) is 4.38. The van der Waals surface area contributed by atoms with Crippen molar-refractivity contribution in [1.82, 2.24) is 0 Å². The SMILES string of the molecule is COc1ccc(C(N)c2cccc(N)c2)cc1C. The number of aryl methyl sites for hydroxylation is 1. The van der Waals surface area contributed by atoms with Crippen LogP contribution in [0.25, 0.3) is 0 Å². The normalized spacial score (nSPS) is 12.2. The Bertz CT molecular complexity index is 552. The monoisotopic (exact) mass is 242 g/mol. The summed E-state index contributed by atoms with van der Waals surface area (Å²) in [6.45, 7) is 2.01. The predicted octanol–water partition coefficient (Wildman–Crippen LogP) is 2.63. The van der Waals surface area contributed by atoms with Gasteiger partial charge in [-0.05, 0) is 41.8 Å². The molecule has 0 aliphatic rings. The number of hydrogen-bond acceptors (Lipinski definition) is 3. The van der Waals surface area contributed by atoms with Crippen molar-refractivity contribution in [2.75, 3.05) is 12.8 Å². The van der Waals surface area contributed by atoms with E-state index in [4.69, 9.17) is 16.2 Å². The Hall–Kier alpha value is -2.00. The van der Waals surface area contributed by atoms with Gasteiger partial charge in [-0.1, -0.05) is 24.3 Å². The molecule has 1 unspecified atom stereocenters. The largest absolute Gasteiger partial charge is 0.496 e. The van der Waals surface area contributed by atoms with E-state index in [2.05, 4.69) is 0 Å². The van der Waals surface area contributed by atoms with Crippen LogP contribution in [0.15, 0.2) is 42.5 Å². The maximum atomic E-state index is 6.25. The Morgan fingerprint density at radius 1 is 1.06 bits per heavy atom. The molecule has 0 radical (unpaired) electrons. The molecule has 0 saturated carbocycles. The average Bonchev–Trinajstić information content (AvgIpc) is 2.37. The van der Waals surface area contributed by atoms with Crippen molar-refractivity contribution in [2.45, 2.75) is 13.0 Å². The highest BCUT2D eigenvalue weighted by molar-refractivity contribution is 5.45. The average molecular weight is 242 g/mol. The van der Waals surface area contributed by atoms with Gasteiger partial charge in [-0.25, -0.2) is 0 Å². The number of rotatable bonds is 3. The van der Waals surface area contributed by atoms with E-state index in [1.807, 2.05) is 49.4 Å². The Morgan fingerprint density at radius 2 is 1.78 bits per heavy atom. The molecule has 0 aromatic heterocycles. The molecule has 94 valence electrons. The molecule has 2 rings (SSSR count). The standard InChI is InChI=1S/C15H18N2O/c1-10-8-12(6-7-14(10)18-2)15(17)11-4-3-5-13(16)9-11/h3-9,15H,16-17H2,1-2H3. The molecular formula is C15H18N2O. The van der Waals surface area contributed by atoms with Crippen molar-refractivity contribution in [3.63, 3.8) is 0 Å². The summed E-state index contributed by atoms with van der Waals surface area (Å²) in [5, 5.41) is 0. The zero-order valence-corrected chi connectivity index (χ0v) is 10.7. The first kappa shape index (κ1) is 12.5. The van der Waals surface area contributed by atoms with E-state index in [1.165, 1.54) is 0 Å². The van der Waals surface area contributed by atoms with Crippen LogP contribution in [0.5, 0.6) is 5.75 Å². The molecule has 0 aliphatic heterocycles. The van der Waals surface area contributed by atoms with Gasteiger partial charge in [-0.2, -0.15) is 0 Å². The lowest BCUT2D eigenvalue weighted by Crippen LogP contribution is -2.12. The van der Waals surface area contributed by atoms with Gasteiger partial charge in [-0.15, -0.1) is 0 Å². The summed E-state index contributed by atoms with van der Waals surface area (Å²) in [6, 6.07) is 13.5.